The van der Waals surface area contributed by atoms with E-state index in [9.17, 15) is 14.5 Å². The molecule has 0 aliphatic carbocycles. The van der Waals surface area contributed by atoms with Crippen LogP contribution in [0.4, 0.5) is 10.1 Å². The highest BCUT2D eigenvalue weighted by Crippen LogP contribution is 2.30. The van der Waals surface area contributed by atoms with Gasteiger partial charge in [-0.1, -0.05) is 0 Å². The summed E-state index contributed by atoms with van der Waals surface area (Å²) in [5, 5.41) is 10.7. The number of benzene rings is 2. The molecule has 0 spiro atoms. The molecule has 3 rings (SSSR count). The maximum atomic E-state index is 13.0. The van der Waals surface area contributed by atoms with Crippen LogP contribution < -0.4 is 5.73 Å². The fraction of sp³-hybridized carbons (Fsp3) is 0.0625. The molecule has 0 fully saturated rings. The summed E-state index contributed by atoms with van der Waals surface area (Å²) in [4.78, 5) is 14.4. The Kier molecular flexibility index (Phi) is 3.76. The first-order valence-corrected chi connectivity index (χ1v) is 6.76. The summed E-state index contributed by atoms with van der Waals surface area (Å²) in [5.74, 6) is 0.111. The van der Waals surface area contributed by atoms with Gasteiger partial charge in [0.15, 0.2) is 0 Å². The van der Waals surface area contributed by atoms with Crippen LogP contribution in [0.15, 0.2) is 59.6 Å². The van der Waals surface area contributed by atoms with Gasteiger partial charge >= 0.3 is 0 Å². The first kappa shape index (κ1) is 14.7. The summed E-state index contributed by atoms with van der Waals surface area (Å²) in [5.41, 5.74) is 7.10. The summed E-state index contributed by atoms with van der Waals surface area (Å²) in [7, 11) is 0. The summed E-state index contributed by atoms with van der Waals surface area (Å²) in [6, 6.07) is 11.4. The molecule has 2 aromatic carbocycles. The van der Waals surface area contributed by atoms with Crippen LogP contribution in [0.5, 0.6) is 0 Å². The van der Waals surface area contributed by atoms with Crippen molar-refractivity contribution in [3.63, 3.8) is 0 Å². The van der Waals surface area contributed by atoms with Crippen LogP contribution >= 0.6 is 0 Å². The number of non-ortho nitro benzene ring substituents is 1. The van der Waals surface area contributed by atoms with Gasteiger partial charge in [0.2, 0.25) is 0 Å². The third kappa shape index (κ3) is 3.18. The van der Waals surface area contributed by atoms with Crippen LogP contribution in [0.2, 0.25) is 0 Å². The van der Waals surface area contributed by atoms with E-state index in [0.29, 0.717) is 11.3 Å². The number of nitro benzene ring substituents is 1. The van der Waals surface area contributed by atoms with Crippen molar-refractivity contribution in [2.24, 2.45) is 10.7 Å². The fourth-order valence-corrected chi connectivity index (χ4v) is 2.22. The highest BCUT2D eigenvalue weighted by Gasteiger charge is 2.19. The molecule has 0 radical (unpaired) electrons. The van der Waals surface area contributed by atoms with Crippen molar-refractivity contribution < 1.29 is 14.1 Å². The number of amidine groups is 1. The number of halogens is 1. The predicted molar refractivity (Wildman–Crippen MR) is 82.9 cm³/mol. The summed E-state index contributed by atoms with van der Waals surface area (Å²) in [6.45, 7) is 0. The van der Waals surface area contributed by atoms with E-state index in [2.05, 4.69) is 4.99 Å². The SMILES string of the molecule is NC1=NC(c2ccc([N+](=O)[O-])cc2)C=C(c2ccc(F)cc2)O1. The molecule has 2 aromatic rings. The molecule has 1 atom stereocenters. The molecule has 116 valence electrons. The molecule has 0 bridgehead atoms. The molecular weight excluding hydrogens is 301 g/mol. The van der Waals surface area contributed by atoms with Crippen LogP contribution in [0.1, 0.15) is 17.2 Å². The molecule has 0 saturated heterocycles. The van der Waals surface area contributed by atoms with Crippen molar-refractivity contribution in [2.45, 2.75) is 6.04 Å². The van der Waals surface area contributed by atoms with Crippen LogP contribution in [0.3, 0.4) is 0 Å². The van der Waals surface area contributed by atoms with E-state index < -0.39 is 11.0 Å². The molecule has 7 heteroatoms. The van der Waals surface area contributed by atoms with Gasteiger partial charge in [-0.05, 0) is 48.0 Å². The van der Waals surface area contributed by atoms with Crippen molar-refractivity contribution in [2.75, 3.05) is 0 Å². The Labute approximate surface area is 130 Å². The lowest BCUT2D eigenvalue weighted by Gasteiger charge is -2.19. The highest BCUT2D eigenvalue weighted by atomic mass is 19.1. The van der Waals surface area contributed by atoms with Gasteiger partial charge in [0.25, 0.3) is 11.7 Å². The lowest BCUT2D eigenvalue weighted by molar-refractivity contribution is -0.384. The average molecular weight is 313 g/mol. The van der Waals surface area contributed by atoms with E-state index >= 15 is 0 Å². The van der Waals surface area contributed by atoms with Crippen LogP contribution in [-0.2, 0) is 4.74 Å². The van der Waals surface area contributed by atoms with E-state index in [4.69, 9.17) is 10.5 Å². The van der Waals surface area contributed by atoms with Crippen molar-refractivity contribution in [1.29, 1.82) is 0 Å². The molecule has 1 unspecified atom stereocenters. The molecular formula is C16H12FN3O3. The topological polar surface area (TPSA) is 90.8 Å². The number of hydrogen-bond acceptors (Lipinski definition) is 5. The minimum absolute atomic E-state index is 0.000462. The van der Waals surface area contributed by atoms with Crippen molar-refractivity contribution in [3.8, 4) is 0 Å². The number of aliphatic imine (C=N–C) groups is 1. The van der Waals surface area contributed by atoms with E-state index in [0.717, 1.165) is 5.56 Å². The number of nitrogens with zero attached hydrogens (tertiary/aromatic N) is 2. The molecule has 0 amide bonds. The predicted octanol–water partition coefficient (Wildman–Crippen LogP) is 3.16. The van der Waals surface area contributed by atoms with Gasteiger partial charge in [-0.25, -0.2) is 9.38 Å². The minimum Gasteiger partial charge on any atom is -0.426 e. The van der Waals surface area contributed by atoms with E-state index in [-0.39, 0.29) is 17.5 Å². The standard InChI is InChI=1S/C16H12FN3O3/c17-12-5-1-11(2-6-12)15-9-14(19-16(18)23-15)10-3-7-13(8-4-10)20(21)22/h1-9,14H,(H2,18,19). The van der Waals surface area contributed by atoms with Crippen molar-refractivity contribution >= 4 is 17.5 Å². The molecule has 6 nitrogen and oxygen atoms in total. The van der Waals surface area contributed by atoms with Crippen molar-refractivity contribution in [1.82, 2.24) is 0 Å². The Balaban J connectivity index is 1.93. The summed E-state index contributed by atoms with van der Waals surface area (Å²) in [6.07, 6.45) is 1.73. The van der Waals surface area contributed by atoms with Gasteiger partial charge in [-0.2, -0.15) is 0 Å². The third-order valence-corrected chi connectivity index (χ3v) is 3.36. The monoisotopic (exact) mass is 313 g/mol. The molecule has 0 aromatic heterocycles. The maximum absolute atomic E-state index is 13.0. The molecule has 1 aliphatic rings. The Morgan fingerprint density at radius 2 is 1.78 bits per heavy atom. The maximum Gasteiger partial charge on any atom is 0.288 e. The summed E-state index contributed by atoms with van der Waals surface area (Å²) >= 11 is 0. The van der Waals surface area contributed by atoms with Crippen molar-refractivity contribution in [3.05, 3.63) is 81.7 Å². The lowest BCUT2D eigenvalue weighted by atomic mass is 10.0. The second kappa shape index (κ2) is 5.88. The Bertz CT molecular complexity index is 798. The summed E-state index contributed by atoms with van der Waals surface area (Å²) < 4.78 is 18.4. The fourth-order valence-electron chi connectivity index (χ4n) is 2.22. The Morgan fingerprint density at radius 1 is 1.13 bits per heavy atom. The lowest BCUT2D eigenvalue weighted by Crippen LogP contribution is -2.20. The zero-order valence-corrected chi connectivity index (χ0v) is 11.8. The van der Waals surface area contributed by atoms with E-state index in [1.54, 1.807) is 30.3 Å². The van der Waals surface area contributed by atoms with Gasteiger partial charge in [0.1, 0.15) is 17.6 Å². The number of nitro groups is 1. The quantitative estimate of drug-likeness (QED) is 0.696. The number of rotatable bonds is 3. The van der Waals surface area contributed by atoms with Gasteiger partial charge in [-0.15, -0.1) is 0 Å². The van der Waals surface area contributed by atoms with E-state index in [1.807, 2.05) is 0 Å². The first-order chi connectivity index (χ1) is 11.0. The number of hydrogen-bond donors (Lipinski definition) is 1. The normalized spacial score (nSPS) is 17.0. The van der Waals surface area contributed by atoms with Gasteiger partial charge in [0, 0.05) is 17.7 Å². The average Bonchev–Trinajstić information content (AvgIpc) is 2.55. The second-order valence-electron chi connectivity index (χ2n) is 4.90. The molecule has 0 saturated carbocycles. The molecule has 1 heterocycles. The minimum atomic E-state index is -0.467. The second-order valence-corrected chi connectivity index (χ2v) is 4.90. The van der Waals surface area contributed by atoms with Crippen LogP contribution in [0, 0.1) is 15.9 Å². The Morgan fingerprint density at radius 3 is 2.39 bits per heavy atom. The van der Waals surface area contributed by atoms with Gasteiger partial charge < -0.3 is 10.5 Å². The highest BCUT2D eigenvalue weighted by molar-refractivity contribution is 5.82. The number of ether oxygens (including phenoxy) is 1. The molecule has 23 heavy (non-hydrogen) atoms. The van der Waals surface area contributed by atoms with Gasteiger partial charge in [0.05, 0.1) is 4.92 Å². The zero-order chi connectivity index (χ0) is 16.4. The molecule has 2 N–H and O–H groups in total. The van der Waals surface area contributed by atoms with Crippen LogP contribution in [-0.4, -0.2) is 10.9 Å². The Hall–Kier alpha value is -3.22. The smallest absolute Gasteiger partial charge is 0.288 e. The number of nitrogens with two attached hydrogens (primary N) is 1. The first-order valence-electron chi connectivity index (χ1n) is 6.76. The largest absolute Gasteiger partial charge is 0.426 e. The van der Waals surface area contributed by atoms with E-state index in [1.165, 1.54) is 24.3 Å². The van der Waals surface area contributed by atoms with Gasteiger partial charge in [-0.3, -0.25) is 10.1 Å². The van der Waals surface area contributed by atoms with Crippen LogP contribution in [0.25, 0.3) is 5.76 Å². The third-order valence-electron chi connectivity index (χ3n) is 3.36. The zero-order valence-electron chi connectivity index (χ0n) is 11.8. The molecule has 1 aliphatic heterocycles.